The van der Waals surface area contributed by atoms with Crippen LogP contribution in [0, 0.1) is 0 Å². The van der Waals surface area contributed by atoms with Crippen LogP contribution in [0.2, 0.25) is 10.0 Å². The van der Waals surface area contributed by atoms with E-state index in [9.17, 15) is 0 Å². The van der Waals surface area contributed by atoms with E-state index in [1.54, 1.807) is 12.3 Å². The zero-order chi connectivity index (χ0) is 11.0. The van der Waals surface area contributed by atoms with Gasteiger partial charge in [0.2, 0.25) is 0 Å². The predicted molar refractivity (Wildman–Crippen MR) is 63.4 cm³/mol. The minimum absolute atomic E-state index is 0.0579. The summed E-state index contributed by atoms with van der Waals surface area (Å²) in [5.41, 5.74) is 6.68. The van der Waals surface area contributed by atoms with Gasteiger partial charge in [-0.2, -0.15) is 5.10 Å². The summed E-state index contributed by atoms with van der Waals surface area (Å²) in [5, 5.41) is 6.19. The fourth-order valence-corrected chi connectivity index (χ4v) is 1.89. The summed E-state index contributed by atoms with van der Waals surface area (Å²) in [4.78, 5) is 0. The third kappa shape index (κ3) is 1.95. The molecule has 1 atom stereocenters. The molecule has 0 bridgehead atoms. The maximum Gasteiger partial charge on any atom is 0.0702 e. The van der Waals surface area contributed by atoms with Crippen molar-refractivity contribution < 1.29 is 0 Å². The monoisotopic (exact) mass is 243 g/mol. The van der Waals surface area contributed by atoms with Crippen LogP contribution in [0.15, 0.2) is 18.3 Å². The first-order chi connectivity index (χ1) is 7.09. The molecule has 5 heteroatoms. The molecule has 0 fully saturated rings. The fourth-order valence-electron chi connectivity index (χ4n) is 1.51. The van der Waals surface area contributed by atoms with E-state index in [0.29, 0.717) is 16.6 Å². The van der Waals surface area contributed by atoms with Gasteiger partial charge in [0.1, 0.15) is 0 Å². The van der Waals surface area contributed by atoms with E-state index in [1.165, 1.54) is 0 Å². The predicted octanol–water partition coefficient (Wildman–Crippen LogP) is 2.69. The van der Waals surface area contributed by atoms with Crippen molar-refractivity contribution in [3.05, 3.63) is 28.4 Å². The van der Waals surface area contributed by atoms with Crippen molar-refractivity contribution in [3.8, 4) is 0 Å². The second-order valence-electron chi connectivity index (χ2n) is 3.60. The molecule has 2 rings (SSSR count). The zero-order valence-electron chi connectivity index (χ0n) is 8.24. The topological polar surface area (TPSA) is 43.8 Å². The van der Waals surface area contributed by atoms with Crippen LogP contribution in [0.1, 0.15) is 6.92 Å². The molecule has 2 N–H and O–H groups in total. The Morgan fingerprint density at radius 3 is 2.87 bits per heavy atom. The van der Waals surface area contributed by atoms with Crippen molar-refractivity contribution in [2.24, 2.45) is 5.73 Å². The molecule has 0 aliphatic carbocycles. The number of hydrogen-bond acceptors (Lipinski definition) is 2. The summed E-state index contributed by atoms with van der Waals surface area (Å²) in [6.45, 7) is 2.60. The van der Waals surface area contributed by atoms with E-state index >= 15 is 0 Å². The molecule has 3 nitrogen and oxygen atoms in total. The summed E-state index contributed by atoms with van der Waals surface area (Å²) >= 11 is 12.0. The van der Waals surface area contributed by atoms with Gasteiger partial charge in [0.15, 0.2) is 0 Å². The average molecular weight is 244 g/mol. The lowest BCUT2D eigenvalue weighted by Crippen LogP contribution is -2.22. The van der Waals surface area contributed by atoms with Crippen LogP contribution >= 0.6 is 23.2 Å². The maximum atomic E-state index is 6.06. The smallest absolute Gasteiger partial charge is 0.0702 e. The number of nitrogens with two attached hydrogens (primary N) is 1. The fraction of sp³-hybridized carbons (Fsp3) is 0.300. The Morgan fingerprint density at radius 1 is 1.47 bits per heavy atom. The number of rotatable bonds is 2. The number of aromatic nitrogens is 2. The normalized spacial score (nSPS) is 13.3. The van der Waals surface area contributed by atoms with E-state index in [4.69, 9.17) is 28.9 Å². The van der Waals surface area contributed by atoms with Crippen molar-refractivity contribution in [2.75, 3.05) is 0 Å². The van der Waals surface area contributed by atoms with Gasteiger partial charge in [-0.3, -0.25) is 4.68 Å². The second kappa shape index (κ2) is 4.00. The second-order valence-corrected chi connectivity index (χ2v) is 4.38. The largest absolute Gasteiger partial charge is 0.326 e. The first-order valence-corrected chi connectivity index (χ1v) is 5.40. The Hall–Kier alpha value is -0.770. The quantitative estimate of drug-likeness (QED) is 0.882. The van der Waals surface area contributed by atoms with Crippen molar-refractivity contribution >= 4 is 34.1 Å². The highest BCUT2D eigenvalue weighted by molar-refractivity contribution is 6.45. The van der Waals surface area contributed by atoms with Crippen molar-refractivity contribution in [1.29, 1.82) is 0 Å². The molecule has 1 heterocycles. The SMILES string of the molecule is C[C@H](N)Cn1ncc2c(Cl)c(Cl)ccc21. The Labute approximate surface area is 97.8 Å². The lowest BCUT2D eigenvalue weighted by atomic mass is 10.2. The number of halogens is 2. The average Bonchev–Trinajstić information content (AvgIpc) is 2.55. The molecular weight excluding hydrogens is 233 g/mol. The van der Waals surface area contributed by atoms with Gasteiger partial charge < -0.3 is 5.73 Å². The maximum absolute atomic E-state index is 6.06. The van der Waals surface area contributed by atoms with Crippen molar-refractivity contribution in [1.82, 2.24) is 9.78 Å². The lowest BCUT2D eigenvalue weighted by Gasteiger charge is -2.06. The van der Waals surface area contributed by atoms with Gasteiger partial charge in [-0.05, 0) is 19.1 Å². The van der Waals surface area contributed by atoms with Crippen LogP contribution in [-0.4, -0.2) is 15.8 Å². The minimum Gasteiger partial charge on any atom is -0.326 e. The highest BCUT2D eigenvalue weighted by Gasteiger charge is 2.09. The van der Waals surface area contributed by atoms with Gasteiger partial charge in [-0.15, -0.1) is 0 Å². The molecular formula is C10H11Cl2N3. The number of hydrogen-bond donors (Lipinski definition) is 1. The summed E-state index contributed by atoms with van der Waals surface area (Å²) in [5.74, 6) is 0. The standard InChI is InChI=1S/C10H11Cl2N3/c1-6(13)5-15-9-3-2-8(11)10(12)7(9)4-14-15/h2-4,6H,5,13H2,1H3/t6-/m0/s1. The molecule has 1 aromatic heterocycles. The molecule has 80 valence electrons. The molecule has 0 saturated carbocycles. The molecule has 0 aliphatic rings. The molecule has 0 saturated heterocycles. The molecule has 0 unspecified atom stereocenters. The first kappa shape index (κ1) is 10.7. The van der Waals surface area contributed by atoms with Gasteiger partial charge in [0.25, 0.3) is 0 Å². The molecule has 0 aliphatic heterocycles. The summed E-state index contributed by atoms with van der Waals surface area (Å²) in [6.07, 6.45) is 1.71. The molecule has 1 aromatic carbocycles. The van der Waals surface area contributed by atoms with E-state index < -0.39 is 0 Å². The zero-order valence-corrected chi connectivity index (χ0v) is 9.76. The first-order valence-electron chi connectivity index (χ1n) is 4.64. The highest BCUT2D eigenvalue weighted by Crippen LogP contribution is 2.30. The van der Waals surface area contributed by atoms with Crippen LogP contribution in [-0.2, 0) is 6.54 Å². The number of fused-ring (bicyclic) bond motifs is 1. The van der Waals surface area contributed by atoms with Gasteiger partial charge in [-0.25, -0.2) is 0 Å². The van der Waals surface area contributed by atoms with E-state index in [1.807, 2.05) is 17.7 Å². The van der Waals surface area contributed by atoms with Gasteiger partial charge in [-0.1, -0.05) is 23.2 Å². The van der Waals surface area contributed by atoms with E-state index in [0.717, 1.165) is 10.9 Å². The van der Waals surface area contributed by atoms with Gasteiger partial charge in [0, 0.05) is 11.4 Å². The summed E-state index contributed by atoms with van der Waals surface area (Å²) < 4.78 is 1.84. The van der Waals surface area contributed by atoms with Crippen LogP contribution in [0.3, 0.4) is 0 Å². The summed E-state index contributed by atoms with van der Waals surface area (Å²) in [6, 6.07) is 3.73. The Kier molecular flexibility index (Phi) is 2.87. The molecule has 15 heavy (non-hydrogen) atoms. The molecule has 0 amide bonds. The summed E-state index contributed by atoms with van der Waals surface area (Å²) in [7, 11) is 0. The van der Waals surface area contributed by atoms with Gasteiger partial charge in [0.05, 0.1) is 28.3 Å². The van der Waals surface area contributed by atoms with E-state index in [-0.39, 0.29) is 6.04 Å². The Balaban J connectivity index is 2.57. The van der Waals surface area contributed by atoms with Crippen molar-refractivity contribution in [2.45, 2.75) is 19.5 Å². The number of benzene rings is 1. The van der Waals surface area contributed by atoms with Crippen LogP contribution in [0.25, 0.3) is 10.9 Å². The van der Waals surface area contributed by atoms with E-state index in [2.05, 4.69) is 5.10 Å². The molecule has 2 aromatic rings. The number of nitrogens with zero attached hydrogens (tertiary/aromatic N) is 2. The lowest BCUT2D eigenvalue weighted by molar-refractivity contribution is 0.553. The van der Waals surface area contributed by atoms with Gasteiger partial charge >= 0.3 is 0 Å². The highest BCUT2D eigenvalue weighted by atomic mass is 35.5. The Bertz CT molecular complexity index is 491. The van der Waals surface area contributed by atoms with Crippen molar-refractivity contribution in [3.63, 3.8) is 0 Å². The van der Waals surface area contributed by atoms with Crippen LogP contribution in [0.4, 0.5) is 0 Å². The van der Waals surface area contributed by atoms with Crippen LogP contribution in [0.5, 0.6) is 0 Å². The third-order valence-corrected chi connectivity index (χ3v) is 2.99. The third-order valence-electron chi connectivity index (χ3n) is 2.17. The Morgan fingerprint density at radius 2 is 2.20 bits per heavy atom. The molecule has 0 radical (unpaired) electrons. The van der Waals surface area contributed by atoms with Crippen LogP contribution < -0.4 is 5.73 Å². The molecule has 0 spiro atoms. The minimum atomic E-state index is 0.0579.